The predicted molar refractivity (Wildman–Crippen MR) is 53.9 cm³/mol. The van der Waals surface area contributed by atoms with E-state index in [1.165, 1.54) is 0 Å². The number of nitrogens with two attached hydrogens (primary N) is 1. The van der Waals surface area contributed by atoms with Gasteiger partial charge in [0.05, 0.1) is 5.56 Å². The van der Waals surface area contributed by atoms with Crippen LogP contribution in [-0.2, 0) is 0 Å². The lowest BCUT2D eigenvalue weighted by Gasteiger charge is -2.07. The third-order valence-corrected chi connectivity index (χ3v) is 1.95. The van der Waals surface area contributed by atoms with E-state index in [0.29, 0.717) is 11.3 Å². The van der Waals surface area contributed by atoms with Crippen LogP contribution in [-0.4, -0.2) is 19.1 Å². The molecule has 0 fully saturated rings. The summed E-state index contributed by atoms with van der Waals surface area (Å²) in [6.45, 7) is 1.27. The third-order valence-electron chi connectivity index (χ3n) is 1.95. The van der Waals surface area contributed by atoms with E-state index in [9.17, 15) is 9.18 Å². The summed E-state index contributed by atoms with van der Waals surface area (Å²) in [6.07, 6.45) is 0. The first-order chi connectivity index (χ1) is 6.66. The molecule has 3 nitrogen and oxygen atoms in total. The number of benzene rings is 1. The van der Waals surface area contributed by atoms with Gasteiger partial charge in [0, 0.05) is 12.2 Å². The zero-order chi connectivity index (χ0) is 10.6. The number of rotatable bonds is 3. The maximum absolute atomic E-state index is 11.8. The first kappa shape index (κ1) is 10.5. The largest absolute Gasteiger partial charge is 0.398 e. The summed E-state index contributed by atoms with van der Waals surface area (Å²) in [6, 6.07) is 5.19. The molecular weight excluding hydrogens is 183 g/mol. The topological polar surface area (TPSA) is 55.1 Å². The lowest BCUT2D eigenvalue weighted by Crippen LogP contribution is -2.26. The van der Waals surface area contributed by atoms with Crippen molar-refractivity contribution in [3.8, 4) is 0 Å². The monoisotopic (exact) mass is 196 g/mol. The van der Waals surface area contributed by atoms with Crippen LogP contribution in [0.25, 0.3) is 0 Å². The Morgan fingerprint density at radius 3 is 2.93 bits per heavy atom. The fraction of sp³-hybridized carbons (Fsp3) is 0.300. The van der Waals surface area contributed by atoms with Crippen molar-refractivity contribution in [2.24, 2.45) is 0 Å². The number of carbonyl (C=O) groups excluding carboxylic acids is 1. The van der Waals surface area contributed by atoms with Gasteiger partial charge in [-0.05, 0) is 18.6 Å². The van der Waals surface area contributed by atoms with E-state index in [4.69, 9.17) is 5.73 Å². The molecular formula is C10H13FN2O. The van der Waals surface area contributed by atoms with E-state index >= 15 is 0 Å². The molecule has 1 amide bonds. The summed E-state index contributed by atoms with van der Waals surface area (Å²) in [4.78, 5) is 11.4. The van der Waals surface area contributed by atoms with Gasteiger partial charge in [0.15, 0.2) is 0 Å². The summed E-state index contributed by atoms with van der Waals surface area (Å²) < 4.78 is 11.8. The molecule has 1 aromatic rings. The van der Waals surface area contributed by atoms with Crippen LogP contribution in [0.3, 0.4) is 0 Å². The van der Waals surface area contributed by atoms with Crippen LogP contribution < -0.4 is 11.1 Å². The molecule has 0 aliphatic heterocycles. The minimum absolute atomic E-state index is 0.0201. The predicted octanol–water partition coefficient (Wildman–Crippen LogP) is 1.28. The number of aryl methyl sites for hydroxylation is 1. The van der Waals surface area contributed by atoms with E-state index < -0.39 is 6.67 Å². The number of amides is 1. The Kier molecular flexibility index (Phi) is 3.45. The second-order valence-electron chi connectivity index (χ2n) is 2.98. The maximum atomic E-state index is 11.8. The smallest absolute Gasteiger partial charge is 0.253 e. The van der Waals surface area contributed by atoms with E-state index in [2.05, 4.69) is 5.32 Å². The zero-order valence-electron chi connectivity index (χ0n) is 8.01. The Labute approximate surface area is 82.1 Å². The number of hydrogen-bond donors (Lipinski definition) is 2. The molecule has 0 aliphatic rings. The summed E-state index contributed by atoms with van der Waals surface area (Å²) >= 11 is 0. The quantitative estimate of drug-likeness (QED) is 0.715. The second kappa shape index (κ2) is 4.60. The van der Waals surface area contributed by atoms with E-state index in [1.54, 1.807) is 12.1 Å². The lowest BCUT2D eigenvalue weighted by atomic mass is 10.1. The number of hydrogen-bond acceptors (Lipinski definition) is 2. The highest BCUT2D eigenvalue weighted by Gasteiger charge is 2.09. The van der Waals surface area contributed by atoms with Crippen molar-refractivity contribution >= 4 is 11.6 Å². The van der Waals surface area contributed by atoms with Crippen LogP contribution in [0.2, 0.25) is 0 Å². The Balaban J connectivity index is 2.84. The summed E-state index contributed by atoms with van der Waals surface area (Å²) in [7, 11) is 0. The standard InChI is InChI=1S/C10H13FN2O/c1-7-3-2-4-8(9(7)12)10(14)13-6-5-11/h2-4H,5-6,12H2,1H3,(H,13,14). The minimum atomic E-state index is -0.572. The van der Waals surface area contributed by atoms with Gasteiger partial charge in [-0.2, -0.15) is 0 Å². The summed E-state index contributed by atoms with van der Waals surface area (Å²) in [5.74, 6) is -0.330. The van der Waals surface area contributed by atoms with Crippen molar-refractivity contribution in [3.05, 3.63) is 29.3 Å². The molecule has 1 rings (SSSR count). The van der Waals surface area contributed by atoms with Gasteiger partial charge in [0.2, 0.25) is 0 Å². The highest BCUT2D eigenvalue weighted by Crippen LogP contribution is 2.15. The van der Waals surface area contributed by atoms with Crippen molar-refractivity contribution in [1.29, 1.82) is 0 Å². The fourth-order valence-electron chi connectivity index (χ4n) is 1.13. The molecule has 0 unspecified atom stereocenters. The SMILES string of the molecule is Cc1cccc(C(=O)NCCF)c1N. The van der Waals surface area contributed by atoms with Gasteiger partial charge < -0.3 is 11.1 Å². The summed E-state index contributed by atoms with van der Waals surface area (Å²) in [5, 5.41) is 2.42. The Morgan fingerprint density at radius 2 is 2.29 bits per heavy atom. The summed E-state index contributed by atoms with van der Waals surface area (Å²) in [5.41, 5.74) is 7.40. The molecule has 0 spiro atoms. The average molecular weight is 196 g/mol. The molecule has 76 valence electrons. The Bertz CT molecular complexity index is 339. The van der Waals surface area contributed by atoms with E-state index in [0.717, 1.165) is 5.56 Å². The number of halogens is 1. The minimum Gasteiger partial charge on any atom is -0.398 e. The van der Waals surface area contributed by atoms with Crippen molar-refractivity contribution in [2.75, 3.05) is 19.0 Å². The van der Waals surface area contributed by atoms with Crippen LogP contribution in [0.15, 0.2) is 18.2 Å². The second-order valence-corrected chi connectivity index (χ2v) is 2.98. The average Bonchev–Trinajstić information content (AvgIpc) is 2.18. The zero-order valence-corrected chi connectivity index (χ0v) is 8.01. The third kappa shape index (κ3) is 2.22. The van der Waals surface area contributed by atoms with Crippen LogP contribution in [0.5, 0.6) is 0 Å². The highest BCUT2D eigenvalue weighted by atomic mass is 19.1. The normalized spacial score (nSPS) is 9.86. The molecule has 0 saturated heterocycles. The van der Waals surface area contributed by atoms with Crippen molar-refractivity contribution in [1.82, 2.24) is 5.32 Å². The van der Waals surface area contributed by atoms with Gasteiger partial charge in [-0.3, -0.25) is 4.79 Å². The van der Waals surface area contributed by atoms with Crippen molar-refractivity contribution in [2.45, 2.75) is 6.92 Å². The number of nitrogens with one attached hydrogen (secondary N) is 1. The van der Waals surface area contributed by atoms with Gasteiger partial charge in [-0.25, -0.2) is 4.39 Å². The maximum Gasteiger partial charge on any atom is 0.253 e. The van der Waals surface area contributed by atoms with Crippen LogP contribution in [0.4, 0.5) is 10.1 Å². The van der Waals surface area contributed by atoms with Gasteiger partial charge in [-0.1, -0.05) is 12.1 Å². The van der Waals surface area contributed by atoms with Crippen molar-refractivity contribution < 1.29 is 9.18 Å². The molecule has 0 radical (unpaired) electrons. The molecule has 14 heavy (non-hydrogen) atoms. The van der Waals surface area contributed by atoms with Gasteiger partial charge in [0.1, 0.15) is 6.67 Å². The first-order valence-corrected chi connectivity index (χ1v) is 4.36. The number of carbonyl (C=O) groups is 1. The van der Waals surface area contributed by atoms with E-state index in [1.807, 2.05) is 13.0 Å². The molecule has 0 atom stereocenters. The number of nitrogen functional groups attached to an aromatic ring is 1. The lowest BCUT2D eigenvalue weighted by molar-refractivity contribution is 0.0951. The molecule has 0 saturated carbocycles. The van der Waals surface area contributed by atoms with Crippen LogP contribution >= 0.6 is 0 Å². The van der Waals surface area contributed by atoms with Gasteiger partial charge >= 0.3 is 0 Å². The van der Waals surface area contributed by atoms with Crippen LogP contribution in [0, 0.1) is 6.92 Å². The number of para-hydroxylation sites is 1. The van der Waals surface area contributed by atoms with Gasteiger partial charge in [0.25, 0.3) is 5.91 Å². The Hall–Kier alpha value is -1.58. The van der Waals surface area contributed by atoms with Gasteiger partial charge in [-0.15, -0.1) is 0 Å². The molecule has 0 aromatic heterocycles. The molecule has 0 heterocycles. The fourth-order valence-corrected chi connectivity index (χ4v) is 1.13. The molecule has 0 aliphatic carbocycles. The van der Waals surface area contributed by atoms with E-state index in [-0.39, 0.29) is 12.5 Å². The van der Waals surface area contributed by atoms with Crippen molar-refractivity contribution in [3.63, 3.8) is 0 Å². The van der Waals surface area contributed by atoms with Crippen LogP contribution in [0.1, 0.15) is 15.9 Å². The first-order valence-electron chi connectivity index (χ1n) is 4.36. The number of alkyl halides is 1. The molecule has 4 heteroatoms. The number of anilines is 1. The molecule has 1 aromatic carbocycles. The molecule has 0 bridgehead atoms. The highest BCUT2D eigenvalue weighted by molar-refractivity contribution is 5.99. The Morgan fingerprint density at radius 1 is 1.57 bits per heavy atom. The molecule has 3 N–H and O–H groups in total.